The normalized spacial score (nSPS) is 19.3. The Morgan fingerprint density at radius 3 is 2.62 bits per heavy atom. The molecule has 0 amide bonds. The maximum atomic E-state index is 12.7. The Labute approximate surface area is 154 Å². The zero-order valence-electron chi connectivity index (χ0n) is 15.5. The number of methoxy groups -OCH3 is 2. The monoisotopic (exact) mass is 377 g/mol. The van der Waals surface area contributed by atoms with Gasteiger partial charge >= 0.3 is 0 Å². The van der Waals surface area contributed by atoms with E-state index < -0.39 is 10.3 Å². The van der Waals surface area contributed by atoms with E-state index in [9.17, 15) is 9.76 Å². The molecule has 2 aromatic rings. The Morgan fingerprint density at radius 1 is 1.23 bits per heavy atom. The van der Waals surface area contributed by atoms with Crippen LogP contribution in [0, 0.1) is 19.1 Å². The van der Waals surface area contributed by atoms with E-state index in [1.165, 1.54) is 0 Å². The summed E-state index contributed by atoms with van der Waals surface area (Å²) in [5, 5.41) is 12.7. The van der Waals surface area contributed by atoms with Crippen LogP contribution in [-0.4, -0.2) is 35.2 Å². The quantitative estimate of drug-likeness (QED) is 0.800. The molecule has 0 spiro atoms. The smallest absolute Gasteiger partial charge is 0.272 e. The van der Waals surface area contributed by atoms with E-state index in [1.807, 2.05) is 13.8 Å². The van der Waals surface area contributed by atoms with Gasteiger partial charge in [-0.15, -0.1) is 0 Å². The Bertz CT molecular complexity index is 883. The molecule has 7 nitrogen and oxygen atoms in total. The molecular weight excluding hydrogens is 354 g/mol. The van der Waals surface area contributed by atoms with Crippen molar-refractivity contribution in [2.75, 3.05) is 20.5 Å². The number of fused-ring (bicyclic) bond motifs is 1. The number of nitrogens with zero attached hydrogens (tertiary/aromatic N) is 2. The van der Waals surface area contributed by atoms with E-state index >= 15 is 0 Å². The van der Waals surface area contributed by atoms with Crippen LogP contribution >= 0.6 is 10.3 Å². The van der Waals surface area contributed by atoms with Crippen molar-refractivity contribution in [3.8, 4) is 11.5 Å². The van der Waals surface area contributed by atoms with Gasteiger partial charge in [0, 0.05) is 29.5 Å². The standard InChI is InChI=1S/C18H23N3O4S/c1-11-9-19-15(12(2)17(11)25-4)10-26(5,23)18-20-14-8-13(24-3)6-7-16(14)21(18)22/h6-9,21,23H,10H2,1-5H3. The third kappa shape index (κ3) is 3.16. The number of rotatable bonds is 4. The van der Waals surface area contributed by atoms with Crippen LogP contribution in [0.3, 0.4) is 0 Å². The van der Waals surface area contributed by atoms with Gasteiger partial charge in [0.15, 0.2) is 5.69 Å². The minimum atomic E-state index is -2.47. The first-order chi connectivity index (χ1) is 12.3. The molecular formula is C18H23N3O4S. The molecule has 1 aliphatic rings. The number of aliphatic imine (C=N–C) groups is 1. The summed E-state index contributed by atoms with van der Waals surface area (Å²) in [6.07, 6.45) is 3.38. The lowest BCUT2D eigenvalue weighted by molar-refractivity contribution is -0.659. The number of hydroxylamine groups is 1. The average Bonchev–Trinajstić information content (AvgIpc) is 2.95. The number of pyridine rings is 1. The molecule has 0 fully saturated rings. The first kappa shape index (κ1) is 18.7. The zero-order valence-corrected chi connectivity index (χ0v) is 16.3. The number of nitrogens with one attached hydrogen (secondary N) is 1. The first-order valence-corrected chi connectivity index (χ1v) is 10.2. The van der Waals surface area contributed by atoms with Crippen LogP contribution < -0.4 is 14.5 Å². The summed E-state index contributed by atoms with van der Waals surface area (Å²) in [4.78, 5) is 8.85. The Hall–Kier alpha value is -2.13. The largest absolute Gasteiger partial charge is 0.622 e. The van der Waals surface area contributed by atoms with Crippen molar-refractivity contribution < 1.29 is 19.1 Å². The molecule has 2 unspecified atom stereocenters. The van der Waals surface area contributed by atoms with Crippen molar-refractivity contribution in [1.29, 1.82) is 0 Å². The molecule has 140 valence electrons. The van der Waals surface area contributed by atoms with Crippen molar-refractivity contribution in [1.82, 2.24) is 4.98 Å². The highest BCUT2D eigenvalue weighted by Gasteiger charge is 2.36. The first-order valence-electron chi connectivity index (χ1n) is 8.07. The fourth-order valence-corrected chi connectivity index (χ4v) is 4.81. The lowest BCUT2D eigenvalue weighted by Gasteiger charge is -2.32. The van der Waals surface area contributed by atoms with Gasteiger partial charge in [-0.25, -0.2) is 0 Å². The molecule has 0 aliphatic carbocycles. The number of aryl methyl sites for hydroxylation is 1. The van der Waals surface area contributed by atoms with Gasteiger partial charge in [0.05, 0.1) is 25.7 Å². The van der Waals surface area contributed by atoms with E-state index in [0.717, 1.165) is 16.9 Å². The molecule has 2 N–H and O–H groups in total. The SMILES string of the molecule is COc1ccc2c(c1)N=C(S(C)(O)Cc1ncc(C)c(OC)c1C)[NH+]2[O-]. The molecule has 2 heterocycles. The Morgan fingerprint density at radius 2 is 1.96 bits per heavy atom. The van der Waals surface area contributed by atoms with Crippen molar-refractivity contribution >= 4 is 26.9 Å². The summed E-state index contributed by atoms with van der Waals surface area (Å²) in [7, 11) is 0.701. The van der Waals surface area contributed by atoms with Gasteiger partial charge in [-0.3, -0.25) is 10.0 Å². The fourth-order valence-electron chi connectivity index (χ4n) is 3.05. The van der Waals surface area contributed by atoms with Crippen LogP contribution in [0.4, 0.5) is 11.4 Å². The van der Waals surface area contributed by atoms with Crippen LogP contribution in [0.1, 0.15) is 16.8 Å². The van der Waals surface area contributed by atoms with Gasteiger partial charge in [0.25, 0.3) is 5.17 Å². The van der Waals surface area contributed by atoms with Crippen LogP contribution in [-0.2, 0) is 5.75 Å². The summed E-state index contributed by atoms with van der Waals surface area (Å²) in [5.41, 5.74) is 3.52. The number of amidine groups is 1. The van der Waals surface area contributed by atoms with Crippen molar-refractivity contribution in [2.24, 2.45) is 4.99 Å². The molecule has 26 heavy (non-hydrogen) atoms. The lowest BCUT2D eigenvalue weighted by Crippen LogP contribution is -3.04. The molecule has 1 aliphatic heterocycles. The van der Waals surface area contributed by atoms with Crippen LogP contribution in [0.15, 0.2) is 29.4 Å². The number of ether oxygens (including phenoxy) is 2. The van der Waals surface area contributed by atoms with Crippen molar-refractivity contribution in [2.45, 2.75) is 19.6 Å². The van der Waals surface area contributed by atoms with E-state index in [-0.39, 0.29) is 16.0 Å². The molecule has 0 saturated heterocycles. The molecule has 0 radical (unpaired) electrons. The highest BCUT2D eigenvalue weighted by atomic mass is 32.3. The molecule has 8 heteroatoms. The summed E-state index contributed by atoms with van der Waals surface area (Å²) in [6, 6.07) is 5.10. The highest BCUT2D eigenvalue weighted by molar-refractivity contribution is 8.39. The van der Waals surface area contributed by atoms with Gasteiger partial charge in [-0.2, -0.15) is 4.99 Å². The maximum absolute atomic E-state index is 12.7. The molecule has 1 aromatic heterocycles. The Kier molecular flexibility index (Phi) is 4.94. The van der Waals surface area contributed by atoms with Gasteiger partial charge in [0.2, 0.25) is 0 Å². The fraction of sp³-hybridized carbons (Fsp3) is 0.333. The lowest BCUT2D eigenvalue weighted by atomic mass is 10.1. The zero-order chi connectivity index (χ0) is 19.1. The summed E-state index contributed by atoms with van der Waals surface area (Å²) >= 11 is 0. The summed E-state index contributed by atoms with van der Waals surface area (Å²) in [5.74, 6) is 1.61. The van der Waals surface area contributed by atoms with E-state index in [2.05, 4.69) is 9.98 Å². The molecule has 1 aromatic carbocycles. The second kappa shape index (κ2) is 6.88. The van der Waals surface area contributed by atoms with Gasteiger partial charge in [-0.1, -0.05) is 0 Å². The van der Waals surface area contributed by atoms with Gasteiger partial charge in [-0.05, 0) is 36.5 Å². The van der Waals surface area contributed by atoms with E-state index in [4.69, 9.17) is 9.47 Å². The number of benzene rings is 1. The third-order valence-corrected chi connectivity index (χ3v) is 6.40. The number of hydrogen-bond acceptors (Lipinski definition) is 6. The van der Waals surface area contributed by atoms with Crippen molar-refractivity contribution in [3.05, 3.63) is 46.4 Å². The number of quaternary nitrogens is 1. The predicted octanol–water partition coefficient (Wildman–Crippen LogP) is 2.84. The predicted molar refractivity (Wildman–Crippen MR) is 104 cm³/mol. The Balaban J connectivity index is 1.94. The van der Waals surface area contributed by atoms with Crippen molar-refractivity contribution in [3.63, 3.8) is 0 Å². The van der Waals surface area contributed by atoms with E-state index in [0.29, 0.717) is 22.8 Å². The minimum Gasteiger partial charge on any atom is -0.622 e. The van der Waals surface area contributed by atoms with Crippen LogP contribution in [0.2, 0.25) is 0 Å². The van der Waals surface area contributed by atoms with Gasteiger partial charge < -0.3 is 19.2 Å². The minimum absolute atomic E-state index is 0.196. The molecule has 2 atom stereocenters. The molecule has 3 rings (SSSR count). The molecule has 0 saturated carbocycles. The van der Waals surface area contributed by atoms with E-state index in [1.54, 1.807) is 44.9 Å². The summed E-state index contributed by atoms with van der Waals surface area (Å²) in [6.45, 7) is 3.82. The topological polar surface area (TPSA) is 91.4 Å². The highest BCUT2D eigenvalue weighted by Crippen LogP contribution is 2.47. The second-order valence-electron chi connectivity index (χ2n) is 6.36. The summed E-state index contributed by atoms with van der Waals surface area (Å²) < 4.78 is 21.7. The number of hydrogen-bond donors (Lipinski definition) is 2. The number of aromatic nitrogens is 1. The average molecular weight is 377 g/mol. The molecule has 0 bridgehead atoms. The maximum Gasteiger partial charge on any atom is 0.272 e. The third-order valence-electron chi connectivity index (χ3n) is 4.45. The van der Waals surface area contributed by atoms with Crippen LogP contribution in [0.5, 0.6) is 11.5 Å². The van der Waals surface area contributed by atoms with Crippen LogP contribution in [0.25, 0.3) is 0 Å². The second-order valence-corrected chi connectivity index (χ2v) is 9.12. The van der Waals surface area contributed by atoms with Gasteiger partial charge in [0.1, 0.15) is 17.2 Å².